The fraction of sp³-hybridized carbons (Fsp3) is 0.500. The second-order valence-corrected chi connectivity index (χ2v) is 6.94. The van der Waals surface area contributed by atoms with Gasteiger partial charge in [-0.3, -0.25) is 9.59 Å². The van der Waals surface area contributed by atoms with Crippen molar-refractivity contribution in [2.45, 2.75) is 56.8 Å². The van der Waals surface area contributed by atoms with Crippen LogP contribution in [0.15, 0.2) is 34.5 Å². The summed E-state index contributed by atoms with van der Waals surface area (Å²) in [4.78, 5) is 23.7. The topological polar surface area (TPSA) is 92.1 Å². The van der Waals surface area contributed by atoms with E-state index in [1.165, 1.54) is 0 Å². The predicted octanol–water partition coefficient (Wildman–Crippen LogP) is 2.32. The summed E-state index contributed by atoms with van der Waals surface area (Å²) in [5, 5.41) is 13.8. The molecule has 1 heterocycles. The number of nitrogens with zero attached hydrogens (tertiary/aromatic N) is 2. The van der Waals surface area contributed by atoms with E-state index in [0.29, 0.717) is 44.0 Å². The van der Waals surface area contributed by atoms with E-state index in [-0.39, 0.29) is 18.4 Å². The van der Waals surface area contributed by atoms with Gasteiger partial charge in [0, 0.05) is 38.3 Å². The van der Waals surface area contributed by atoms with Crippen molar-refractivity contribution in [3.63, 3.8) is 0 Å². The minimum atomic E-state index is -0.432. The first-order valence-electron chi connectivity index (χ1n) is 9.24. The summed E-state index contributed by atoms with van der Waals surface area (Å²) in [6.07, 6.45) is 9.61. The second-order valence-electron chi connectivity index (χ2n) is 6.94. The Morgan fingerprint density at radius 3 is 2.78 bits per heavy atom. The van der Waals surface area contributed by atoms with Crippen molar-refractivity contribution in [2.75, 3.05) is 6.61 Å². The third kappa shape index (κ3) is 6.41. The Hall–Kier alpha value is -2.88. The van der Waals surface area contributed by atoms with E-state index in [0.717, 1.165) is 18.4 Å². The molecular weight excluding hydrogens is 344 g/mol. The number of terminal acetylenes is 1. The van der Waals surface area contributed by atoms with Gasteiger partial charge in [0.1, 0.15) is 5.75 Å². The molecule has 0 bridgehead atoms. The van der Waals surface area contributed by atoms with Crippen LogP contribution in [0, 0.1) is 12.3 Å². The maximum atomic E-state index is 12.1. The summed E-state index contributed by atoms with van der Waals surface area (Å²) in [6, 6.07) is 7.68. The molecule has 2 amide bonds. The molecular formula is C20H24N4O3. The molecule has 1 fully saturated rings. The Morgan fingerprint density at radius 2 is 2.07 bits per heavy atom. The number of benzene rings is 1. The molecule has 0 spiro atoms. The molecule has 1 aliphatic heterocycles. The fourth-order valence-electron chi connectivity index (χ4n) is 2.66. The lowest BCUT2D eigenvalue weighted by Crippen LogP contribution is -2.30. The van der Waals surface area contributed by atoms with Gasteiger partial charge in [-0.15, -0.1) is 12.3 Å². The highest BCUT2D eigenvalue weighted by atomic mass is 16.5. The standard InChI is InChI=1S/C20H24N4O3/c1-2-3-10-20(23-24-20)11-9-18(25)21-13-15-5-4-6-17(12-15)27-14-19(26)22-16-7-8-16/h1,4-6,12,16H,3,7-11,13-14H2,(H,21,25)(H,22,26). The molecule has 2 N–H and O–H groups in total. The van der Waals surface area contributed by atoms with Crippen molar-refractivity contribution in [3.8, 4) is 18.1 Å². The second kappa shape index (κ2) is 8.67. The Morgan fingerprint density at radius 1 is 1.26 bits per heavy atom. The van der Waals surface area contributed by atoms with Gasteiger partial charge in [0.25, 0.3) is 5.91 Å². The largest absolute Gasteiger partial charge is 0.484 e. The van der Waals surface area contributed by atoms with Gasteiger partial charge in [-0.2, -0.15) is 10.2 Å². The molecule has 0 atom stereocenters. The van der Waals surface area contributed by atoms with Crippen molar-refractivity contribution in [1.82, 2.24) is 10.6 Å². The Bertz CT molecular complexity index is 759. The summed E-state index contributed by atoms with van der Waals surface area (Å²) < 4.78 is 5.52. The van der Waals surface area contributed by atoms with E-state index in [1.807, 2.05) is 18.2 Å². The average molecular weight is 368 g/mol. The van der Waals surface area contributed by atoms with Gasteiger partial charge in [0.05, 0.1) is 0 Å². The van der Waals surface area contributed by atoms with Gasteiger partial charge in [-0.25, -0.2) is 0 Å². The van der Waals surface area contributed by atoms with Crippen LogP contribution in [0.25, 0.3) is 0 Å². The van der Waals surface area contributed by atoms with Crippen LogP contribution in [0.4, 0.5) is 0 Å². The zero-order valence-corrected chi connectivity index (χ0v) is 15.2. The molecule has 27 heavy (non-hydrogen) atoms. The Kier molecular flexibility index (Phi) is 6.07. The number of hydrogen-bond donors (Lipinski definition) is 2. The summed E-state index contributed by atoms with van der Waals surface area (Å²) in [6.45, 7) is 0.398. The molecule has 0 aromatic heterocycles. The molecule has 7 heteroatoms. The van der Waals surface area contributed by atoms with Crippen LogP contribution in [-0.2, 0) is 16.1 Å². The molecule has 142 valence electrons. The maximum Gasteiger partial charge on any atom is 0.258 e. The molecule has 7 nitrogen and oxygen atoms in total. The highest BCUT2D eigenvalue weighted by Gasteiger charge is 2.39. The number of carbonyl (C=O) groups is 2. The van der Waals surface area contributed by atoms with Crippen molar-refractivity contribution in [1.29, 1.82) is 0 Å². The van der Waals surface area contributed by atoms with Crippen molar-refractivity contribution < 1.29 is 14.3 Å². The molecule has 0 saturated heterocycles. The summed E-state index contributed by atoms with van der Waals surface area (Å²) in [5.41, 5.74) is 0.477. The van der Waals surface area contributed by atoms with Crippen LogP contribution < -0.4 is 15.4 Å². The maximum absolute atomic E-state index is 12.1. The number of carbonyl (C=O) groups excluding carboxylic acids is 2. The molecule has 3 rings (SSSR count). The number of rotatable bonds is 11. The van der Waals surface area contributed by atoms with Gasteiger partial charge < -0.3 is 15.4 Å². The molecule has 1 aromatic carbocycles. The number of nitrogens with one attached hydrogen (secondary N) is 2. The molecule has 1 aromatic rings. The first kappa shape index (κ1) is 18.9. The highest BCUT2D eigenvalue weighted by molar-refractivity contribution is 5.78. The van der Waals surface area contributed by atoms with Crippen molar-refractivity contribution in [2.24, 2.45) is 10.2 Å². The van der Waals surface area contributed by atoms with Crippen molar-refractivity contribution in [3.05, 3.63) is 29.8 Å². The van der Waals surface area contributed by atoms with E-state index in [9.17, 15) is 9.59 Å². The van der Waals surface area contributed by atoms with E-state index in [1.54, 1.807) is 6.07 Å². The van der Waals surface area contributed by atoms with E-state index in [4.69, 9.17) is 11.2 Å². The van der Waals surface area contributed by atoms with E-state index in [2.05, 4.69) is 26.8 Å². The average Bonchev–Trinajstić information content (AvgIpc) is 3.59. The SMILES string of the molecule is C#CCCC1(CCC(=O)NCc2cccc(OCC(=O)NC3CC3)c2)N=N1. The highest BCUT2D eigenvalue weighted by Crippen LogP contribution is 2.37. The van der Waals surface area contributed by atoms with Crippen LogP contribution in [0.3, 0.4) is 0 Å². The molecule has 1 aliphatic carbocycles. The third-order valence-corrected chi connectivity index (χ3v) is 4.51. The summed E-state index contributed by atoms with van der Waals surface area (Å²) in [7, 11) is 0. The van der Waals surface area contributed by atoms with Crippen LogP contribution in [-0.4, -0.2) is 30.1 Å². The number of hydrogen-bond acceptors (Lipinski definition) is 5. The van der Waals surface area contributed by atoms with E-state index >= 15 is 0 Å². The zero-order chi connectivity index (χ0) is 19.1. The molecule has 0 unspecified atom stereocenters. The first-order chi connectivity index (χ1) is 13.1. The number of amides is 2. The minimum Gasteiger partial charge on any atom is -0.484 e. The lowest BCUT2D eigenvalue weighted by atomic mass is 10.0. The third-order valence-electron chi connectivity index (χ3n) is 4.51. The Balaban J connectivity index is 1.36. The van der Waals surface area contributed by atoms with Gasteiger partial charge in [-0.05, 0) is 30.5 Å². The summed E-state index contributed by atoms with van der Waals surface area (Å²) >= 11 is 0. The van der Waals surface area contributed by atoms with Crippen LogP contribution in [0.5, 0.6) is 5.75 Å². The predicted molar refractivity (Wildman–Crippen MR) is 99.8 cm³/mol. The van der Waals surface area contributed by atoms with Gasteiger partial charge in [-0.1, -0.05) is 12.1 Å². The summed E-state index contributed by atoms with van der Waals surface area (Å²) in [5.74, 6) is 3.02. The van der Waals surface area contributed by atoms with Gasteiger partial charge in [0.15, 0.2) is 12.3 Å². The van der Waals surface area contributed by atoms with Crippen molar-refractivity contribution >= 4 is 11.8 Å². The Labute approximate surface area is 159 Å². The van der Waals surface area contributed by atoms with Crippen LogP contribution >= 0.6 is 0 Å². The molecule has 1 saturated carbocycles. The monoisotopic (exact) mass is 368 g/mol. The molecule has 2 aliphatic rings. The lowest BCUT2D eigenvalue weighted by molar-refractivity contribution is -0.123. The van der Waals surface area contributed by atoms with E-state index < -0.39 is 5.66 Å². The molecule has 0 radical (unpaired) electrons. The van der Waals surface area contributed by atoms with Gasteiger partial charge in [0.2, 0.25) is 5.91 Å². The fourth-order valence-corrected chi connectivity index (χ4v) is 2.66. The van der Waals surface area contributed by atoms with Gasteiger partial charge >= 0.3 is 0 Å². The lowest BCUT2D eigenvalue weighted by Gasteiger charge is -2.10. The van der Waals surface area contributed by atoms with Crippen LogP contribution in [0.2, 0.25) is 0 Å². The smallest absolute Gasteiger partial charge is 0.258 e. The first-order valence-corrected chi connectivity index (χ1v) is 9.24. The van der Waals surface area contributed by atoms with Crippen LogP contribution in [0.1, 0.15) is 44.1 Å². The normalized spacial score (nSPS) is 16.3. The quantitative estimate of drug-likeness (QED) is 0.587. The minimum absolute atomic E-state index is 0.000940. The number of ether oxygens (including phenoxy) is 1. The zero-order valence-electron chi connectivity index (χ0n) is 15.2.